The molecule has 90 valence electrons. The van der Waals surface area contributed by atoms with E-state index in [2.05, 4.69) is 5.32 Å². The first kappa shape index (κ1) is 13.3. The average molecular weight is 244 g/mol. The van der Waals surface area contributed by atoms with E-state index in [-0.39, 0.29) is 12.6 Å². The highest BCUT2D eigenvalue weighted by Crippen LogP contribution is 2.21. The molecule has 1 aromatic rings. The topological polar surface area (TPSA) is 41.5 Å². The highest BCUT2D eigenvalue weighted by atomic mass is 35.5. The number of aliphatic hydroxyl groups excluding tert-OH is 1. The molecule has 1 rings (SSSR count). The number of aryl methyl sites for hydroxylation is 1. The van der Waals surface area contributed by atoms with Crippen LogP contribution in [0, 0.1) is 6.92 Å². The lowest BCUT2D eigenvalue weighted by Gasteiger charge is -2.12. The molecule has 0 amide bonds. The van der Waals surface area contributed by atoms with E-state index in [1.54, 1.807) is 0 Å². The maximum atomic E-state index is 8.81. The monoisotopic (exact) mass is 243 g/mol. The lowest BCUT2D eigenvalue weighted by atomic mass is 10.2. The number of hydrogen-bond acceptors (Lipinski definition) is 3. The van der Waals surface area contributed by atoms with Gasteiger partial charge in [-0.05, 0) is 37.6 Å². The van der Waals surface area contributed by atoms with Gasteiger partial charge in [0.2, 0.25) is 0 Å². The summed E-state index contributed by atoms with van der Waals surface area (Å²) in [6.45, 7) is 5.31. The number of halogens is 1. The Morgan fingerprint density at radius 1 is 1.50 bits per heavy atom. The van der Waals surface area contributed by atoms with Crippen molar-refractivity contribution >= 4 is 11.6 Å². The van der Waals surface area contributed by atoms with Gasteiger partial charge in [0.15, 0.2) is 0 Å². The summed E-state index contributed by atoms with van der Waals surface area (Å²) in [7, 11) is 0. The molecule has 0 bridgehead atoms. The molecule has 0 heterocycles. The summed E-state index contributed by atoms with van der Waals surface area (Å²) in [5.74, 6) is 0.850. The van der Waals surface area contributed by atoms with Crippen LogP contribution in [0.15, 0.2) is 18.2 Å². The summed E-state index contributed by atoms with van der Waals surface area (Å²) < 4.78 is 5.58. The fourth-order valence-electron chi connectivity index (χ4n) is 1.31. The number of rotatable bonds is 6. The molecule has 0 aliphatic rings. The van der Waals surface area contributed by atoms with Gasteiger partial charge >= 0.3 is 0 Å². The summed E-state index contributed by atoms with van der Waals surface area (Å²) >= 11 is 5.84. The van der Waals surface area contributed by atoms with Crippen molar-refractivity contribution in [2.24, 2.45) is 0 Å². The minimum absolute atomic E-state index is 0.106. The lowest BCUT2D eigenvalue weighted by molar-refractivity contribution is 0.239. The van der Waals surface area contributed by atoms with Crippen molar-refractivity contribution in [2.45, 2.75) is 19.9 Å². The smallest absolute Gasteiger partial charge is 0.122 e. The molecule has 0 saturated carbocycles. The predicted molar refractivity (Wildman–Crippen MR) is 66.2 cm³/mol. The van der Waals surface area contributed by atoms with Gasteiger partial charge in [-0.3, -0.25) is 0 Å². The van der Waals surface area contributed by atoms with Gasteiger partial charge in [-0.1, -0.05) is 11.6 Å². The van der Waals surface area contributed by atoms with Gasteiger partial charge in [0.05, 0.1) is 6.61 Å². The van der Waals surface area contributed by atoms with Crippen molar-refractivity contribution in [3.05, 3.63) is 28.8 Å². The molecule has 0 saturated heterocycles. The normalized spacial score (nSPS) is 12.5. The second kappa shape index (κ2) is 6.74. The first-order chi connectivity index (χ1) is 7.63. The van der Waals surface area contributed by atoms with E-state index in [1.807, 2.05) is 32.0 Å². The molecule has 0 aromatic heterocycles. The Labute approximate surface area is 101 Å². The van der Waals surface area contributed by atoms with E-state index in [4.69, 9.17) is 21.4 Å². The van der Waals surface area contributed by atoms with Crippen LogP contribution in [0.3, 0.4) is 0 Å². The molecular weight excluding hydrogens is 226 g/mol. The zero-order chi connectivity index (χ0) is 12.0. The van der Waals surface area contributed by atoms with Crippen LogP contribution in [-0.4, -0.2) is 30.9 Å². The molecule has 0 aliphatic carbocycles. The van der Waals surface area contributed by atoms with Crippen LogP contribution < -0.4 is 10.1 Å². The van der Waals surface area contributed by atoms with Gasteiger partial charge in [-0.15, -0.1) is 0 Å². The van der Waals surface area contributed by atoms with Gasteiger partial charge < -0.3 is 15.2 Å². The van der Waals surface area contributed by atoms with Crippen LogP contribution in [0.5, 0.6) is 5.75 Å². The Hall–Kier alpha value is -0.770. The Kier molecular flexibility index (Phi) is 5.60. The quantitative estimate of drug-likeness (QED) is 0.751. The summed E-state index contributed by atoms with van der Waals surface area (Å²) in [6, 6.07) is 5.66. The average Bonchev–Trinajstić information content (AvgIpc) is 2.26. The predicted octanol–water partition coefficient (Wildman–Crippen LogP) is 2.00. The molecule has 4 heteroatoms. The maximum absolute atomic E-state index is 8.81. The van der Waals surface area contributed by atoms with E-state index in [0.717, 1.165) is 16.3 Å². The van der Waals surface area contributed by atoms with Crippen LogP contribution >= 0.6 is 11.6 Å². The highest BCUT2D eigenvalue weighted by molar-refractivity contribution is 6.30. The Balaban J connectivity index is 2.32. The van der Waals surface area contributed by atoms with Crippen LogP contribution in [0.25, 0.3) is 0 Å². The van der Waals surface area contributed by atoms with Gasteiger partial charge in [-0.25, -0.2) is 0 Å². The van der Waals surface area contributed by atoms with Crippen LogP contribution in [0.4, 0.5) is 0 Å². The molecular formula is C12H18ClNO2. The zero-order valence-corrected chi connectivity index (χ0v) is 10.4. The highest BCUT2D eigenvalue weighted by Gasteiger charge is 2.01. The van der Waals surface area contributed by atoms with Crippen molar-refractivity contribution in [3.8, 4) is 5.75 Å². The van der Waals surface area contributed by atoms with E-state index in [9.17, 15) is 0 Å². The molecule has 1 atom stereocenters. The second-order valence-electron chi connectivity index (χ2n) is 3.80. The summed E-state index contributed by atoms with van der Waals surface area (Å²) in [5, 5.41) is 12.7. The fourth-order valence-corrected chi connectivity index (χ4v) is 1.53. The van der Waals surface area contributed by atoms with Crippen molar-refractivity contribution in [2.75, 3.05) is 19.8 Å². The van der Waals surface area contributed by atoms with Gasteiger partial charge in [0, 0.05) is 17.6 Å². The summed E-state index contributed by atoms with van der Waals surface area (Å²) in [5.41, 5.74) is 1.03. The lowest BCUT2D eigenvalue weighted by Crippen LogP contribution is -2.32. The first-order valence-electron chi connectivity index (χ1n) is 5.36. The van der Waals surface area contributed by atoms with Crippen LogP contribution in [-0.2, 0) is 0 Å². The van der Waals surface area contributed by atoms with Crippen LogP contribution in [0.2, 0.25) is 5.02 Å². The SMILES string of the molecule is Cc1cc(Cl)ccc1OCCN[C@@H](C)CO. The molecule has 16 heavy (non-hydrogen) atoms. The third-order valence-corrected chi connectivity index (χ3v) is 2.50. The Bertz CT molecular complexity index is 331. The molecule has 0 fully saturated rings. The zero-order valence-electron chi connectivity index (χ0n) is 9.66. The fraction of sp³-hybridized carbons (Fsp3) is 0.500. The molecule has 0 spiro atoms. The van der Waals surface area contributed by atoms with Gasteiger partial charge in [0.1, 0.15) is 12.4 Å². The molecule has 1 aromatic carbocycles. The number of hydrogen-bond donors (Lipinski definition) is 2. The van der Waals surface area contributed by atoms with Crippen molar-refractivity contribution in [1.82, 2.24) is 5.32 Å². The molecule has 0 unspecified atom stereocenters. The standard InChI is InChI=1S/C12H18ClNO2/c1-9-7-11(13)3-4-12(9)16-6-5-14-10(2)8-15/h3-4,7,10,14-15H,5-6,8H2,1-2H3/t10-/m0/s1. The third-order valence-electron chi connectivity index (χ3n) is 2.26. The Morgan fingerprint density at radius 2 is 2.25 bits per heavy atom. The first-order valence-corrected chi connectivity index (χ1v) is 5.74. The molecule has 0 radical (unpaired) electrons. The van der Waals surface area contributed by atoms with Crippen molar-refractivity contribution < 1.29 is 9.84 Å². The van der Waals surface area contributed by atoms with E-state index in [0.29, 0.717) is 13.2 Å². The number of benzene rings is 1. The van der Waals surface area contributed by atoms with Gasteiger partial charge in [-0.2, -0.15) is 0 Å². The molecule has 3 nitrogen and oxygen atoms in total. The summed E-state index contributed by atoms with van der Waals surface area (Å²) in [6.07, 6.45) is 0. The largest absolute Gasteiger partial charge is 0.492 e. The number of aliphatic hydroxyl groups is 1. The van der Waals surface area contributed by atoms with Gasteiger partial charge in [0.25, 0.3) is 0 Å². The number of ether oxygens (including phenoxy) is 1. The minimum atomic E-state index is 0.106. The van der Waals surface area contributed by atoms with E-state index < -0.39 is 0 Å². The second-order valence-corrected chi connectivity index (χ2v) is 4.23. The van der Waals surface area contributed by atoms with Crippen molar-refractivity contribution in [1.29, 1.82) is 0 Å². The Morgan fingerprint density at radius 3 is 2.88 bits per heavy atom. The third kappa shape index (κ3) is 4.39. The maximum Gasteiger partial charge on any atom is 0.122 e. The molecule has 2 N–H and O–H groups in total. The minimum Gasteiger partial charge on any atom is -0.492 e. The van der Waals surface area contributed by atoms with E-state index >= 15 is 0 Å². The summed E-state index contributed by atoms with van der Waals surface area (Å²) in [4.78, 5) is 0. The van der Waals surface area contributed by atoms with Crippen molar-refractivity contribution in [3.63, 3.8) is 0 Å². The molecule has 0 aliphatic heterocycles. The van der Waals surface area contributed by atoms with Crippen LogP contribution in [0.1, 0.15) is 12.5 Å². The number of nitrogens with one attached hydrogen (secondary N) is 1. The van der Waals surface area contributed by atoms with E-state index in [1.165, 1.54) is 0 Å².